The van der Waals surface area contributed by atoms with Crippen LogP contribution < -0.4 is 14.5 Å². The minimum absolute atomic E-state index is 0.0145. The van der Waals surface area contributed by atoms with Gasteiger partial charge in [-0.25, -0.2) is 4.98 Å². The van der Waals surface area contributed by atoms with Gasteiger partial charge >= 0.3 is 0 Å². The van der Waals surface area contributed by atoms with Crippen molar-refractivity contribution in [2.45, 2.75) is 124 Å². The number of nitrogens with zero attached hydrogens (tertiary/aromatic N) is 4. The molecular formula is C57H66N4O. The summed E-state index contributed by atoms with van der Waals surface area (Å²) in [4.78, 5) is 8.85. The third kappa shape index (κ3) is 8.39. The van der Waals surface area contributed by atoms with E-state index in [9.17, 15) is 2.74 Å². The number of hydrogen-bond donors (Lipinski definition) is 0. The molecule has 5 heteroatoms. The van der Waals surface area contributed by atoms with Crippen LogP contribution in [0.2, 0.25) is 0 Å². The Hall–Kier alpha value is -5.81. The molecule has 8 rings (SSSR count). The highest BCUT2D eigenvalue weighted by Gasteiger charge is 2.28. The zero-order chi connectivity index (χ0) is 46.3. The summed E-state index contributed by atoms with van der Waals surface area (Å²) in [5.74, 6) is 2.22. The molecule has 0 unspecified atom stereocenters. The lowest BCUT2D eigenvalue weighted by atomic mass is 9.78. The van der Waals surface area contributed by atoms with E-state index in [1.807, 2.05) is 28.1 Å². The Kier molecular flexibility index (Phi) is 9.89. The second kappa shape index (κ2) is 15.2. The lowest BCUT2D eigenvalue weighted by Gasteiger charge is -2.30. The van der Waals surface area contributed by atoms with Crippen molar-refractivity contribution in [2.24, 2.45) is 0 Å². The quantitative estimate of drug-likeness (QED) is 0.160. The number of benzene rings is 5. The fraction of sp³-hybridized carbons (Fsp3) is 0.351. The maximum Gasteiger partial charge on any atom is 0.137 e. The third-order valence-corrected chi connectivity index (χ3v) is 12.7. The van der Waals surface area contributed by atoms with Crippen LogP contribution in [0, 0.1) is 0 Å². The van der Waals surface area contributed by atoms with E-state index in [1.54, 1.807) is 0 Å². The molecule has 2 aromatic heterocycles. The SMILES string of the molecule is [2H]C1=C([2H])N(c2cc(Oc3ccc4c5cc(C(C)(C)C)ccc5n(-c5cc(C(C)(C)C)ccn5)c4c3)cc(C(C)(C)c3ccccc3)c2)CN1c1cc(C(C)(C)C)cc(C(C)(C)C)c1. The lowest BCUT2D eigenvalue weighted by molar-refractivity contribution is 0.480. The van der Waals surface area contributed by atoms with Crippen LogP contribution in [-0.4, -0.2) is 16.2 Å². The summed E-state index contributed by atoms with van der Waals surface area (Å²) in [7, 11) is 0. The first kappa shape index (κ1) is 40.3. The lowest BCUT2D eigenvalue weighted by Crippen LogP contribution is -2.26. The van der Waals surface area contributed by atoms with Crippen molar-refractivity contribution in [3.8, 4) is 17.3 Å². The molecule has 5 nitrogen and oxygen atoms in total. The average Bonchev–Trinajstić information content (AvgIpc) is 3.71. The number of pyridine rings is 1. The van der Waals surface area contributed by atoms with Crippen LogP contribution in [0.4, 0.5) is 11.4 Å². The molecule has 0 saturated carbocycles. The van der Waals surface area contributed by atoms with E-state index in [-0.39, 0.29) is 34.0 Å². The predicted octanol–water partition coefficient (Wildman–Crippen LogP) is 15.2. The van der Waals surface area contributed by atoms with Crippen molar-refractivity contribution in [3.05, 3.63) is 167 Å². The topological polar surface area (TPSA) is 33.5 Å². The highest BCUT2D eigenvalue weighted by Crippen LogP contribution is 2.42. The molecule has 0 radical (unpaired) electrons. The van der Waals surface area contributed by atoms with Crippen LogP contribution in [0.3, 0.4) is 0 Å². The van der Waals surface area contributed by atoms with Gasteiger partial charge in [-0.05, 0) is 116 Å². The largest absolute Gasteiger partial charge is 0.457 e. The van der Waals surface area contributed by atoms with Crippen LogP contribution in [-0.2, 0) is 27.1 Å². The van der Waals surface area contributed by atoms with Gasteiger partial charge in [0.2, 0.25) is 0 Å². The van der Waals surface area contributed by atoms with Gasteiger partial charge in [-0.2, -0.15) is 0 Å². The first-order chi connectivity index (χ1) is 29.8. The molecule has 0 amide bonds. The number of hydrogen-bond acceptors (Lipinski definition) is 4. The summed E-state index contributed by atoms with van der Waals surface area (Å²) in [5.41, 5.74) is 10.3. The molecule has 0 saturated heterocycles. The van der Waals surface area contributed by atoms with E-state index in [1.165, 1.54) is 33.2 Å². The van der Waals surface area contributed by atoms with Crippen LogP contribution in [0.15, 0.2) is 134 Å². The van der Waals surface area contributed by atoms with E-state index in [0.29, 0.717) is 18.2 Å². The normalized spacial score (nSPS) is 14.9. The number of aromatic nitrogens is 2. The van der Waals surface area contributed by atoms with Crippen LogP contribution in [0.25, 0.3) is 27.6 Å². The molecule has 5 aromatic carbocycles. The van der Waals surface area contributed by atoms with Gasteiger partial charge in [0.1, 0.15) is 17.3 Å². The molecule has 320 valence electrons. The van der Waals surface area contributed by atoms with Gasteiger partial charge in [-0.15, -0.1) is 0 Å². The second-order valence-electron chi connectivity index (χ2n) is 21.9. The van der Waals surface area contributed by atoms with E-state index < -0.39 is 5.41 Å². The van der Waals surface area contributed by atoms with Gasteiger partial charge in [0.15, 0.2) is 0 Å². The van der Waals surface area contributed by atoms with Gasteiger partial charge in [0.05, 0.1) is 20.4 Å². The zero-order valence-corrected chi connectivity index (χ0v) is 39.5. The fourth-order valence-electron chi connectivity index (χ4n) is 8.36. The summed E-state index contributed by atoms with van der Waals surface area (Å²) in [6.07, 6.45) is 2.23. The number of fused-ring (bicyclic) bond motifs is 3. The summed E-state index contributed by atoms with van der Waals surface area (Å²) in [6, 6.07) is 41.0. The zero-order valence-electron chi connectivity index (χ0n) is 41.5. The molecule has 0 atom stereocenters. The minimum Gasteiger partial charge on any atom is -0.457 e. The maximum absolute atomic E-state index is 9.43. The van der Waals surface area contributed by atoms with Crippen molar-refractivity contribution in [1.29, 1.82) is 0 Å². The highest BCUT2D eigenvalue weighted by molar-refractivity contribution is 6.09. The minimum atomic E-state index is -0.405. The van der Waals surface area contributed by atoms with Crippen LogP contribution in [0.1, 0.15) is 133 Å². The molecule has 62 heavy (non-hydrogen) atoms. The Morgan fingerprint density at radius 2 is 1.05 bits per heavy atom. The number of anilines is 2. The third-order valence-electron chi connectivity index (χ3n) is 12.7. The summed E-state index contributed by atoms with van der Waals surface area (Å²) in [6.45, 7) is 31.6. The van der Waals surface area contributed by atoms with Gasteiger partial charge in [-0.3, -0.25) is 4.57 Å². The van der Waals surface area contributed by atoms with Gasteiger partial charge < -0.3 is 14.5 Å². The maximum atomic E-state index is 9.43. The van der Waals surface area contributed by atoms with Gasteiger partial charge in [-0.1, -0.05) is 139 Å². The monoisotopic (exact) mass is 825 g/mol. The molecule has 1 aliphatic rings. The Bertz CT molecular complexity index is 2900. The Labute approximate surface area is 373 Å². The van der Waals surface area contributed by atoms with Gasteiger partial charge in [0, 0.05) is 58.2 Å². The Morgan fingerprint density at radius 1 is 0.468 bits per heavy atom. The molecule has 0 spiro atoms. The number of ether oxygens (including phenoxy) is 1. The molecule has 7 aromatic rings. The van der Waals surface area contributed by atoms with E-state index in [4.69, 9.17) is 9.72 Å². The molecule has 0 N–H and O–H groups in total. The number of rotatable bonds is 7. The first-order valence-corrected chi connectivity index (χ1v) is 22.1. The van der Waals surface area contributed by atoms with E-state index in [2.05, 4.69) is 205 Å². The first-order valence-electron chi connectivity index (χ1n) is 23.1. The van der Waals surface area contributed by atoms with Crippen molar-refractivity contribution in [3.63, 3.8) is 0 Å². The predicted molar refractivity (Wildman–Crippen MR) is 264 cm³/mol. The summed E-state index contributed by atoms with van der Waals surface area (Å²) in [5, 5.41) is 2.30. The molecule has 3 heterocycles. The molecule has 0 fully saturated rings. The Morgan fingerprint density at radius 3 is 1.66 bits per heavy atom. The molecule has 0 aliphatic carbocycles. The van der Waals surface area contributed by atoms with Crippen LogP contribution in [0.5, 0.6) is 11.5 Å². The van der Waals surface area contributed by atoms with E-state index in [0.717, 1.165) is 39.2 Å². The average molecular weight is 825 g/mol. The second-order valence-corrected chi connectivity index (χ2v) is 21.9. The summed E-state index contributed by atoms with van der Waals surface area (Å²) < 4.78 is 28.0. The van der Waals surface area contributed by atoms with Gasteiger partial charge in [0.25, 0.3) is 0 Å². The molecule has 0 bridgehead atoms. The van der Waals surface area contributed by atoms with Crippen molar-refractivity contribution in [1.82, 2.24) is 9.55 Å². The van der Waals surface area contributed by atoms with Crippen LogP contribution >= 0.6 is 0 Å². The highest BCUT2D eigenvalue weighted by atomic mass is 16.5. The fourth-order valence-corrected chi connectivity index (χ4v) is 8.36. The smallest absolute Gasteiger partial charge is 0.137 e. The molecule has 1 aliphatic heterocycles. The standard InChI is InChI=1S/C57H66N4O/c1-53(2,3)39-20-23-50-49(33-39)48-22-21-46(36-51(48)61(50)52-34-40(24-25-58-52)54(4,5)6)62-47-32-43(57(13,14)38-18-16-15-17-19-38)31-45(35-47)60-27-26-59(37-60)44-29-41(55(7,8)9)28-42(30-44)56(10,11)12/h15-36H,37H2,1-14H3/i26D,27D. The van der Waals surface area contributed by atoms with Crippen molar-refractivity contribution < 1.29 is 7.48 Å². The van der Waals surface area contributed by atoms with Crippen molar-refractivity contribution >= 4 is 33.2 Å². The van der Waals surface area contributed by atoms with Crippen molar-refractivity contribution in [2.75, 3.05) is 16.5 Å². The molecular weight excluding hydrogens is 757 g/mol. The Balaban J connectivity index is 1.26. The van der Waals surface area contributed by atoms with E-state index >= 15 is 0 Å². The summed E-state index contributed by atoms with van der Waals surface area (Å²) >= 11 is 0.